The minimum Gasteiger partial charge on any atom is -0.399 e. The van der Waals surface area contributed by atoms with Crippen LogP contribution < -0.4 is 11.5 Å². The number of benzene rings is 6. The summed E-state index contributed by atoms with van der Waals surface area (Å²) in [5, 5.41) is 7.09. The molecule has 178 valence electrons. The molecule has 0 saturated carbocycles. The molecule has 0 radical (unpaired) electrons. The molecule has 1 aromatic heterocycles. The predicted molar refractivity (Wildman–Crippen MR) is 166 cm³/mol. The van der Waals surface area contributed by atoms with E-state index in [2.05, 4.69) is 119 Å². The summed E-state index contributed by atoms with van der Waals surface area (Å²) in [5.74, 6) is 0. The Morgan fingerprint density at radius 1 is 0.541 bits per heavy atom. The van der Waals surface area contributed by atoms with Gasteiger partial charge in [-0.25, -0.2) is 0 Å². The predicted octanol–water partition coefficient (Wildman–Crippen LogP) is 8.52. The van der Waals surface area contributed by atoms with Crippen molar-refractivity contribution in [3.05, 3.63) is 132 Å². The molecule has 0 saturated heterocycles. The number of nitrogen functional groups attached to an aromatic ring is 2. The van der Waals surface area contributed by atoms with Crippen LogP contribution in [-0.2, 0) is 3.42 Å². The number of nitrogens with two attached hydrogens (primary N) is 2. The number of hydrogen-bond donors (Lipinski definition) is 3. The van der Waals surface area contributed by atoms with Gasteiger partial charge >= 0.3 is 0 Å². The van der Waals surface area contributed by atoms with Gasteiger partial charge in [-0.1, -0.05) is 95.4 Å². The molecule has 4 heteroatoms. The molecule has 0 bridgehead atoms. The number of fused-ring (bicyclic) bond motifs is 5. The topological polar surface area (TPSA) is 67.8 Å². The number of aromatic amines is 1. The molecule has 0 spiro atoms. The standard InChI is InChI=1S/C33H24IN3/c34-33(24-12-8-22-18-26(35)14-10-20(22)16-24,25-13-9-23-19-27(36)15-11-21(23)17-25)30-6-3-5-29-28-4-1-2-7-31(28)37-32(29)30/h1-19,37H,35-36H2. The van der Waals surface area contributed by atoms with Gasteiger partial charge < -0.3 is 16.5 Å². The van der Waals surface area contributed by atoms with Crippen molar-refractivity contribution >= 4 is 77.3 Å². The van der Waals surface area contributed by atoms with Crippen molar-refractivity contribution in [1.82, 2.24) is 4.98 Å². The van der Waals surface area contributed by atoms with Gasteiger partial charge in [0, 0.05) is 33.2 Å². The summed E-state index contributed by atoms with van der Waals surface area (Å²) in [7, 11) is 0. The van der Waals surface area contributed by atoms with E-state index >= 15 is 0 Å². The molecular formula is C33H24IN3. The summed E-state index contributed by atoms with van der Waals surface area (Å²) in [6.45, 7) is 0. The molecule has 0 aliphatic carbocycles. The van der Waals surface area contributed by atoms with Crippen molar-refractivity contribution in [2.75, 3.05) is 11.5 Å². The molecule has 0 unspecified atom stereocenters. The van der Waals surface area contributed by atoms with Crippen LogP contribution in [0, 0.1) is 0 Å². The highest BCUT2D eigenvalue weighted by atomic mass is 127. The number of rotatable bonds is 3. The van der Waals surface area contributed by atoms with Crippen molar-refractivity contribution in [3.8, 4) is 0 Å². The first kappa shape index (κ1) is 22.2. The van der Waals surface area contributed by atoms with E-state index in [4.69, 9.17) is 11.5 Å². The van der Waals surface area contributed by atoms with E-state index < -0.39 is 3.42 Å². The summed E-state index contributed by atoms with van der Waals surface area (Å²) in [6, 6.07) is 40.8. The second-order valence-corrected chi connectivity index (χ2v) is 11.3. The molecule has 7 rings (SSSR count). The Hall–Kier alpha value is -4.03. The number of anilines is 2. The van der Waals surface area contributed by atoms with E-state index in [1.54, 1.807) is 0 Å². The maximum Gasteiger partial charge on any atom is 0.0989 e. The normalized spacial score (nSPS) is 12.1. The fourth-order valence-corrected chi connectivity index (χ4v) is 6.72. The number of para-hydroxylation sites is 2. The molecule has 5 N–H and O–H groups in total. The third-order valence-corrected chi connectivity index (χ3v) is 9.26. The Morgan fingerprint density at radius 2 is 1.08 bits per heavy atom. The molecule has 37 heavy (non-hydrogen) atoms. The van der Waals surface area contributed by atoms with Crippen molar-refractivity contribution in [2.24, 2.45) is 0 Å². The van der Waals surface area contributed by atoms with E-state index in [0.29, 0.717) is 0 Å². The molecule has 0 fully saturated rings. The summed E-state index contributed by atoms with van der Waals surface area (Å²) in [5.41, 5.74) is 19.7. The molecule has 6 aromatic carbocycles. The van der Waals surface area contributed by atoms with E-state index in [0.717, 1.165) is 33.2 Å². The van der Waals surface area contributed by atoms with Crippen LogP contribution in [0.1, 0.15) is 16.7 Å². The lowest BCUT2D eigenvalue weighted by molar-refractivity contribution is 0.953. The average molecular weight is 589 g/mol. The molecule has 3 nitrogen and oxygen atoms in total. The lowest BCUT2D eigenvalue weighted by Gasteiger charge is -2.31. The summed E-state index contributed by atoms with van der Waals surface area (Å²) in [6.07, 6.45) is 0. The first-order valence-electron chi connectivity index (χ1n) is 12.3. The number of hydrogen-bond acceptors (Lipinski definition) is 2. The fraction of sp³-hybridized carbons (Fsp3) is 0.0303. The Balaban J connectivity index is 1.56. The minimum absolute atomic E-state index is 0.455. The fourth-order valence-electron chi connectivity index (χ4n) is 5.59. The van der Waals surface area contributed by atoms with Crippen LogP contribution in [0.4, 0.5) is 11.4 Å². The molecule has 0 aliphatic rings. The number of halogens is 1. The van der Waals surface area contributed by atoms with Gasteiger partial charge in [-0.15, -0.1) is 0 Å². The van der Waals surface area contributed by atoms with Gasteiger partial charge in [0.15, 0.2) is 0 Å². The first-order chi connectivity index (χ1) is 18.0. The Labute approximate surface area is 228 Å². The largest absolute Gasteiger partial charge is 0.399 e. The van der Waals surface area contributed by atoms with Gasteiger partial charge in [0.05, 0.1) is 8.94 Å². The first-order valence-corrected chi connectivity index (χ1v) is 13.4. The zero-order valence-corrected chi connectivity index (χ0v) is 22.2. The molecule has 0 aliphatic heterocycles. The number of nitrogens with one attached hydrogen (secondary N) is 1. The second-order valence-electron chi connectivity index (χ2n) is 9.70. The van der Waals surface area contributed by atoms with Crippen molar-refractivity contribution in [1.29, 1.82) is 0 Å². The SMILES string of the molecule is Nc1ccc2cc(C(I)(c3ccc4cc(N)ccc4c3)c3cccc4c3[nH]c3ccccc34)ccc2c1. The Morgan fingerprint density at radius 3 is 1.73 bits per heavy atom. The Bertz CT molecular complexity index is 1900. The van der Waals surface area contributed by atoms with Crippen LogP contribution >= 0.6 is 22.6 Å². The van der Waals surface area contributed by atoms with Gasteiger partial charge in [0.2, 0.25) is 0 Å². The smallest absolute Gasteiger partial charge is 0.0989 e. The van der Waals surface area contributed by atoms with Crippen molar-refractivity contribution in [3.63, 3.8) is 0 Å². The van der Waals surface area contributed by atoms with Gasteiger partial charge in [-0.3, -0.25) is 0 Å². The van der Waals surface area contributed by atoms with Crippen LogP contribution in [0.15, 0.2) is 115 Å². The van der Waals surface area contributed by atoms with Gasteiger partial charge in [-0.2, -0.15) is 0 Å². The number of H-pyrrole nitrogens is 1. The van der Waals surface area contributed by atoms with Crippen LogP contribution in [0.3, 0.4) is 0 Å². The highest BCUT2D eigenvalue weighted by Crippen LogP contribution is 2.49. The lowest BCUT2D eigenvalue weighted by Crippen LogP contribution is -2.22. The maximum atomic E-state index is 6.08. The monoisotopic (exact) mass is 589 g/mol. The molecule has 7 aromatic rings. The van der Waals surface area contributed by atoms with E-state index in [-0.39, 0.29) is 0 Å². The van der Waals surface area contributed by atoms with Crippen LogP contribution in [0.5, 0.6) is 0 Å². The third-order valence-electron chi connectivity index (χ3n) is 7.44. The van der Waals surface area contributed by atoms with Crippen LogP contribution in [0.2, 0.25) is 0 Å². The van der Waals surface area contributed by atoms with Crippen LogP contribution in [0.25, 0.3) is 43.4 Å². The van der Waals surface area contributed by atoms with Gasteiger partial charge in [-0.05, 0) is 75.1 Å². The summed E-state index contributed by atoms with van der Waals surface area (Å²) < 4.78 is -0.455. The maximum absolute atomic E-state index is 6.08. The second kappa shape index (κ2) is 8.25. The minimum atomic E-state index is -0.455. The van der Waals surface area contributed by atoms with Gasteiger partial charge in [0.1, 0.15) is 0 Å². The van der Waals surface area contributed by atoms with Crippen LogP contribution in [-0.4, -0.2) is 4.98 Å². The van der Waals surface area contributed by atoms with E-state index in [1.165, 1.54) is 38.2 Å². The summed E-state index contributed by atoms with van der Waals surface area (Å²) >= 11 is 2.65. The lowest BCUT2D eigenvalue weighted by atomic mass is 9.82. The van der Waals surface area contributed by atoms with Crippen molar-refractivity contribution in [2.45, 2.75) is 3.42 Å². The van der Waals surface area contributed by atoms with Crippen molar-refractivity contribution < 1.29 is 0 Å². The Kier molecular flexibility index (Phi) is 4.95. The zero-order valence-electron chi connectivity index (χ0n) is 20.0. The average Bonchev–Trinajstić information content (AvgIpc) is 3.31. The third kappa shape index (κ3) is 3.47. The highest BCUT2D eigenvalue weighted by molar-refractivity contribution is 14.1. The highest BCUT2D eigenvalue weighted by Gasteiger charge is 2.36. The summed E-state index contributed by atoms with van der Waals surface area (Å²) in [4.78, 5) is 3.74. The van der Waals surface area contributed by atoms with Gasteiger partial charge in [0.25, 0.3) is 0 Å². The molecule has 0 amide bonds. The molecule has 0 atom stereocenters. The number of aromatic nitrogens is 1. The number of alkyl halides is 1. The molecular weight excluding hydrogens is 565 g/mol. The quantitative estimate of drug-likeness (QED) is 0.0837. The zero-order chi connectivity index (χ0) is 25.1. The van der Waals surface area contributed by atoms with E-state index in [9.17, 15) is 0 Å². The van der Waals surface area contributed by atoms with E-state index in [1.807, 2.05) is 24.3 Å². The molecule has 1 heterocycles.